The van der Waals surface area contributed by atoms with E-state index in [1.54, 1.807) is 0 Å². The number of nitrogens with two attached hydrogens (primary N) is 1. The maximum Gasteiger partial charge on any atom is 0.0147 e. The Bertz CT molecular complexity index is 87.8. The lowest BCUT2D eigenvalue weighted by atomic mass is 9.97. The molecule has 0 saturated carbocycles. The predicted molar refractivity (Wildman–Crippen MR) is 57.4 cm³/mol. The molecule has 2 N–H and O–H groups in total. The monoisotopic (exact) mass is 174 g/mol. The summed E-state index contributed by atoms with van der Waals surface area (Å²) in [6.45, 7) is 9.28. The van der Waals surface area contributed by atoms with Gasteiger partial charge in [-0.2, -0.15) is 0 Å². The zero-order chi connectivity index (χ0) is 10.2. The minimum atomic E-state index is 0.305. The van der Waals surface area contributed by atoms with Gasteiger partial charge in [0.25, 0.3) is 0 Å². The SMILES string of the molecule is CC.CN(C)C(C)(C)CCCN. The molecule has 0 aromatic rings. The van der Waals surface area contributed by atoms with E-state index >= 15 is 0 Å². The Morgan fingerprint density at radius 2 is 1.58 bits per heavy atom. The van der Waals surface area contributed by atoms with Gasteiger partial charge >= 0.3 is 0 Å². The van der Waals surface area contributed by atoms with Crippen LogP contribution in [0.25, 0.3) is 0 Å². The second-order valence-corrected chi connectivity index (χ2v) is 3.60. The van der Waals surface area contributed by atoms with Crippen molar-refractivity contribution < 1.29 is 0 Å². The van der Waals surface area contributed by atoms with Gasteiger partial charge in [0.15, 0.2) is 0 Å². The molecule has 0 radical (unpaired) electrons. The number of hydrogen-bond donors (Lipinski definition) is 1. The van der Waals surface area contributed by atoms with Crippen molar-refractivity contribution in [3.8, 4) is 0 Å². The zero-order valence-electron chi connectivity index (χ0n) is 9.65. The van der Waals surface area contributed by atoms with Crippen LogP contribution in [-0.2, 0) is 0 Å². The third-order valence-electron chi connectivity index (χ3n) is 2.20. The van der Waals surface area contributed by atoms with Crippen LogP contribution in [0.1, 0.15) is 40.5 Å². The summed E-state index contributed by atoms with van der Waals surface area (Å²) in [5, 5.41) is 0. The lowest BCUT2D eigenvalue weighted by Gasteiger charge is -2.32. The van der Waals surface area contributed by atoms with E-state index in [2.05, 4.69) is 32.8 Å². The molecule has 0 bridgehead atoms. The van der Waals surface area contributed by atoms with E-state index in [1.165, 1.54) is 6.42 Å². The number of rotatable bonds is 4. The van der Waals surface area contributed by atoms with Crippen molar-refractivity contribution in [2.75, 3.05) is 20.6 Å². The molecule has 0 fully saturated rings. The molecule has 0 aliphatic carbocycles. The van der Waals surface area contributed by atoms with Gasteiger partial charge in [-0.3, -0.25) is 0 Å². The highest BCUT2D eigenvalue weighted by atomic mass is 15.1. The maximum absolute atomic E-state index is 5.42. The Morgan fingerprint density at radius 3 is 1.83 bits per heavy atom. The zero-order valence-corrected chi connectivity index (χ0v) is 9.65. The molecule has 0 atom stereocenters. The van der Waals surface area contributed by atoms with E-state index in [-0.39, 0.29) is 0 Å². The summed E-state index contributed by atoms with van der Waals surface area (Å²) in [5.41, 5.74) is 5.72. The first-order chi connectivity index (χ1) is 5.50. The average Bonchev–Trinajstić information content (AvgIpc) is 2.04. The van der Waals surface area contributed by atoms with Crippen LogP contribution in [0.3, 0.4) is 0 Å². The Hall–Kier alpha value is -0.0800. The lowest BCUT2D eigenvalue weighted by Crippen LogP contribution is -2.38. The largest absolute Gasteiger partial charge is 0.330 e. The highest BCUT2D eigenvalue weighted by Gasteiger charge is 2.18. The molecule has 2 heteroatoms. The Morgan fingerprint density at radius 1 is 1.17 bits per heavy atom. The molecular weight excluding hydrogens is 148 g/mol. The third kappa shape index (κ3) is 6.62. The van der Waals surface area contributed by atoms with Crippen molar-refractivity contribution in [3.05, 3.63) is 0 Å². The van der Waals surface area contributed by atoms with Crippen molar-refractivity contribution in [2.24, 2.45) is 5.73 Å². The Balaban J connectivity index is 0. The standard InChI is InChI=1S/C8H20N2.C2H6/c1-8(2,10(3)4)6-5-7-9;1-2/h5-7,9H2,1-4H3;1-2H3. The fraction of sp³-hybridized carbons (Fsp3) is 1.00. The van der Waals surface area contributed by atoms with Gasteiger partial charge < -0.3 is 10.6 Å². The molecule has 0 heterocycles. The summed E-state index contributed by atoms with van der Waals surface area (Å²) >= 11 is 0. The van der Waals surface area contributed by atoms with Gasteiger partial charge in [-0.25, -0.2) is 0 Å². The van der Waals surface area contributed by atoms with Crippen LogP contribution >= 0.6 is 0 Å². The van der Waals surface area contributed by atoms with Crippen LogP contribution in [-0.4, -0.2) is 31.1 Å². The van der Waals surface area contributed by atoms with E-state index in [1.807, 2.05) is 13.8 Å². The molecule has 0 rings (SSSR count). The lowest BCUT2D eigenvalue weighted by molar-refractivity contribution is 0.180. The van der Waals surface area contributed by atoms with Gasteiger partial charge in [0.1, 0.15) is 0 Å². The molecule has 76 valence electrons. The van der Waals surface area contributed by atoms with E-state index in [0.29, 0.717) is 5.54 Å². The molecule has 12 heavy (non-hydrogen) atoms. The average molecular weight is 174 g/mol. The highest BCUT2D eigenvalue weighted by molar-refractivity contribution is 4.76. The highest BCUT2D eigenvalue weighted by Crippen LogP contribution is 2.16. The van der Waals surface area contributed by atoms with E-state index in [4.69, 9.17) is 5.73 Å². The van der Waals surface area contributed by atoms with Crippen LogP contribution in [0.15, 0.2) is 0 Å². The Kier molecular flexibility index (Phi) is 9.10. The topological polar surface area (TPSA) is 29.3 Å². The predicted octanol–water partition coefficient (Wildman–Crippen LogP) is 2.09. The molecule has 0 aliphatic heterocycles. The van der Waals surface area contributed by atoms with E-state index in [0.717, 1.165) is 13.0 Å². The van der Waals surface area contributed by atoms with Crippen LogP contribution in [0.5, 0.6) is 0 Å². The van der Waals surface area contributed by atoms with Crippen molar-refractivity contribution in [2.45, 2.75) is 46.1 Å². The van der Waals surface area contributed by atoms with Crippen molar-refractivity contribution in [1.29, 1.82) is 0 Å². The first kappa shape index (κ1) is 14.4. The first-order valence-electron chi connectivity index (χ1n) is 4.88. The second kappa shape index (κ2) is 7.56. The molecule has 2 nitrogen and oxygen atoms in total. The summed E-state index contributed by atoms with van der Waals surface area (Å²) in [4.78, 5) is 2.24. The fourth-order valence-electron chi connectivity index (χ4n) is 0.758. The fourth-order valence-corrected chi connectivity index (χ4v) is 0.758. The molecule has 0 aliphatic rings. The van der Waals surface area contributed by atoms with Crippen LogP contribution < -0.4 is 5.73 Å². The maximum atomic E-state index is 5.42. The summed E-state index contributed by atoms with van der Waals surface area (Å²) < 4.78 is 0. The summed E-state index contributed by atoms with van der Waals surface area (Å²) in [6, 6.07) is 0. The molecule has 0 aromatic carbocycles. The molecule has 0 unspecified atom stereocenters. The molecular formula is C10H26N2. The minimum Gasteiger partial charge on any atom is -0.330 e. The molecule has 0 aromatic heterocycles. The van der Waals surface area contributed by atoms with Gasteiger partial charge in [-0.1, -0.05) is 13.8 Å². The molecule has 0 amide bonds. The van der Waals surface area contributed by atoms with Crippen molar-refractivity contribution >= 4 is 0 Å². The van der Waals surface area contributed by atoms with Gasteiger partial charge in [0, 0.05) is 5.54 Å². The smallest absolute Gasteiger partial charge is 0.0147 e. The summed E-state index contributed by atoms with van der Waals surface area (Å²) in [6.07, 6.45) is 2.29. The second-order valence-electron chi connectivity index (χ2n) is 3.60. The van der Waals surface area contributed by atoms with Gasteiger partial charge in [0.05, 0.1) is 0 Å². The Labute approximate surface area is 78.1 Å². The van der Waals surface area contributed by atoms with Gasteiger partial charge in [0.2, 0.25) is 0 Å². The normalized spacial score (nSPS) is 11.0. The van der Waals surface area contributed by atoms with Crippen LogP contribution in [0.2, 0.25) is 0 Å². The number of nitrogens with zero attached hydrogens (tertiary/aromatic N) is 1. The van der Waals surface area contributed by atoms with Crippen molar-refractivity contribution in [1.82, 2.24) is 4.90 Å². The van der Waals surface area contributed by atoms with Gasteiger partial charge in [-0.15, -0.1) is 0 Å². The quantitative estimate of drug-likeness (QED) is 0.707. The number of hydrogen-bond acceptors (Lipinski definition) is 2. The summed E-state index contributed by atoms with van der Waals surface area (Å²) in [5.74, 6) is 0. The minimum absolute atomic E-state index is 0.305. The molecule has 0 saturated heterocycles. The van der Waals surface area contributed by atoms with Crippen molar-refractivity contribution in [3.63, 3.8) is 0 Å². The van der Waals surface area contributed by atoms with Crippen LogP contribution in [0.4, 0.5) is 0 Å². The third-order valence-corrected chi connectivity index (χ3v) is 2.20. The first-order valence-corrected chi connectivity index (χ1v) is 4.88. The van der Waals surface area contributed by atoms with E-state index in [9.17, 15) is 0 Å². The van der Waals surface area contributed by atoms with Gasteiger partial charge in [-0.05, 0) is 47.3 Å². The molecule has 0 spiro atoms. The summed E-state index contributed by atoms with van der Waals surface area (Å²) in [7, 11) is 4.22. The van der Waals surface area contributed by atoms with E-state index < -0.39 is 0 Å². The van der Waals surface area contributed by atoms with Crippen LogP contribution in [0, 0.1) is 0 Å².